The summed E-state index contributed by atoms with van der Waals surface area (Å²) < 4.78 is 0. The first-order valence-electron chi connectivity index (χ1n) is 5.44. The van der Waals surface area contributed by atoms with E-state index in [0.29, 0.717) is 6.54 Å². The third-order valence-electron chi connectivity index (χ3n) is 2.28. The number of primary amides is 1. The van der Waals surface area contributed by atoms with Gasteiger partial charge in [0.25, 0.3) is 0 Å². The van der Waals surface area contributed by atoms with Crippen LogP contribution in [0.3, 0.4) is 0 Å². The Hall–Kier alpha value is -2.14. The molecule has 0 unspecified atom stereocenters. The Morgan fingerprint density at radius 1 is 1.33 bits per heavy atom. The zero-order valence-corrected chi connectivity index (χ0v) is 10.2. The Morgan fingerprint density at radius 2 is 1.94 bits per heavy atom. The van der Waals surface area contributed by atoms with Crippen LogP contribution in [0, 0.1) is 0 Å². The van der Waals surface area contributed by atoms with Crippen LogP contribution in [0.25, 0.3) is 6.08 Å². The van der Waals surface area contributed by atoms with E-state index >= 15 is 0 Å². The lowest BCUT2D eigenvalue weighted by atomic mass is 10.1. The van der Waals surface area contributed by atoms with Crippen LogP contribution in [0.1, 0.15) is 11.1 Å². The van der Waals surface area contributed by atoms with E-state index in [-0.39, 0.29) is 12.5 Å². The van der Waals surface area contributed by atoms with Crippen molar-refractivity contribution in [3.63, 3.8) is 0 Å². The second-order valence-electron chi connectivity index (χ2n) is 4.05. The summed E-state index contributed by atoms with van der Waals surface area (Å²) in [6, 6.07) is 7.43. The summed E-state index contributed by atoms with van der Waals surface area (Å²) in [5.41, 5.74) is 6.95. The van der Waals surface area contributed by atoms with Gasteiger partial charge in [-0.2, -0.15) is 0 Å². The summed E-state index contributed by atoms with van der Waals surface area (Å²) in [4.78, 5) is 22.9. The zero-order valence-electron chi connectivity index (χ0n) is 10.2. The minimum atomic E-state index is -0.972. The molecule has 1 aromatic rings. The topological polar surface area (TPSA) is 83.6 Å². The highest BCUT2D eigenvalue weighted by atomic mass is 16.4. The Morgan fingerprint density at radius 3 is 2.44 bits per heavy atom. The molecular weight excluding hydrogens is 232 g/mol. The van der Waals surface area contributed by atoms with Gasteiger partial charge < -0.3 is 10.8 Å². The molecule has 3 N–H and O–H groups in total. The highest BCUT2D eigenvalue weighted by Crippen LogP contribution is 2.08. The molecule has 1 aromatic carbocycles. The summed E-state index contributed by atoms with van der Waals surface area (Å²) in [7, 11) is 1.81. The molecule has 0 aliphatic rings. The molecule has 0 aliphatic heterocycles. The van der Waals surface area contributed by atoms with E-state index in [2.05, 4.69) is 0 Å². The Kier molecular flexibility index (Phi) is 5.07. The normalized spacial score (nSPS) is 11.0. The minimum Gasteiger partial charge on any atom is -0.478 e. The van der Waals surface area contributed by atoms with Gasteiger partial charge in [0.05, 0.1) is 6.54 Å². The quantitative estimate of drug-likeness (QED) is 0.726. The SMILES string of the molecule is CN(CC(N)=O)Cc1ccc(/C=C/C(=O)O)cc1. The molecule has 0 saturated carbocycles. The van der Waals surface area contributed by atoms with E-state index in [1.165, 1.54) is 6.08 Å². The van der Waals surface area contributed by atoms with Gasteiger partial charge in [0.1, 0.15) is 0 Å². The van der Waals surface area contributed by atoms with Gasteiger partial charge in [0.15, 0.2) is 0 Å². The molecule has 0 radical (unpaired) electrons. The smallest absolute Gasteiger partial charge is 0.328 e. The van der Waals surface area contributed by atoms with E-state index in [1.54, 1.807) is 0 Å². The van der Waals surface area contributed by atoms with Crippen LogP contribution in [-0.2, 0) is 16.1 Å². The third kappa shape index (κ3) is 5.27. The average Bonchev–Trinajstić information content (AvgIpc) is 2.26. The van der Waals surface area contributed by atoms with Gasteiger partial charge in [0, 0.05) is 12.6 Å². The molecule has 96 valence electrons. The van der Waals surface area contributed by atoms with Crippen LogP contribution in [0.4, 0.5) is 0 Å². The van der Waals surface area contributed by atoms with E-state index in [9.17, 15) is 9.59 Å². The van der Waals surface area contributed by atoms with E-state index in [0.717, 1.165) is 17.2 Å². The van der Waals surface area contributed by atoms with Gasteiger partial charge in [0.2, 0.25) is 5.91 Å². The second kappa shape index (κ2) is 6.56. The van der Waals surface area contributed by atoms with Gasteiger partial charge >= 0.3 is 5.97 Å². The number of carboxylic acid groups (broad SMARTS) is 1. The standard InChI is InChI=1S/C13H16N2O3/c1-15(9-12(14)16)8-11-4-2-10(3-5-11)6-7-13(17)18/h2-7H,8-9H2,1H3,(H2,14,16)(H,17,18)/b7-6+. The van der Waals surface area contributed by atoms with Crippen LogP contribution >= 0.6 is 0 Å². The molecule has 0 heterocycles. The Labute approximate surface area is 106 Å². The Balaban J connectivity index is 2.60. The monoisotopic (exact) mass is 248 g/mol. The van der Waals surface area contributed by atoms with Crippen molar-refractivity contribution in [2.75, 3.05) is 13.6 Å². The molecular formula is C13H16N2O3. The van der Waals surface area contributed by atoms with Crippen molar-refractivity contribution in [3.05, 3.63) is 41.5 Å². The fourth-order valence-corrected chi connectivity index (χ4v) is 1.54. The molecule has 0 aliphatic carbocycles. The molecule has 0 saturated heterocycles. The summed E-state index contributed by atoms with van der Waals surface area (Å²) >= 11 is 0. The van der Waals surface area contributed by atoms with Crippen molar-refractivity contribution >= 4 is 18.0 Å². The number of aliphatic carboxylic acids is 1. The lowest BCUT2D eigenvalue weighted by Gasteiger charge is -2.14. The van der Waals surface area contributed by atoms with Crippen LogP contribution in [0.15, 0.2) is 30.3 Å². The van der Waals surface area contributed by atoms with Crippen molar-refractivity contribution in [1.82, 2.24) is 4.90 Å². The molecule has 0 fully saturated rings. The molecule has 1 rings (SSSR count). The third-order valence-corrected chi connectivity index (χ3v) is 2.28. The fourth-order valence-electron chi connectivity index (χ4n) is 1.54. The number of carbonyl (C=O) groups is 2. The first-order chi connectivity index (χ1) is 8.47. The highest BCUT2D eigenvalue weighted by Gasteiger charge is 2.03. The number of nitrogens with two attached hydrogens (primary N) is 1. The van der Waals surface area contributed by atoms with Crippen molar-refractivity contribution in [1.29, 1.82) is 0 Å². The molecule has 0 spiro atoms. The fraction of sp³-hybridized carbons (Fsp3) is 0.231. The summed E-state index contributed by atoms with van der Waals surface area (Å²) in [5, 5.41) is 8.50. The van der Waals surface area contributed by atoms with Crippen molar-refractivity contribution in [2.45, 2.75) is 6.54 Å². The predicted octanol–water partition coefficient (Wildman–Crippen LogP) is 0.702. The van der Waals surface area contributed by atoms with Gasteiger partial charge in [-0.15, -0.1) is 0 Å². The van der Waals surface area contributed by atoms with E-state index in [1.807, 2.05) is 36.2 Å². The lowest BCUT2D eigenvalue weighted by molar-refractivity contribution is -0.131. The maximum Gasteiger partial charge on any atom is 0.328 e. The minimum absolute atomic E-state index is 0.209. The number of likely N-dealkylation sites (N-methyl/N-ethyl adjacent to an activating group) is 1. The summed E-state index contributed by atoms with van der Waals surface area (Å²) in [6.45, 7) is 0.826. The molecule has 5 heteroatoms. The number of hydrogen-bond acceptors (Lipinski definition) is 3. The highest BCUT2D eigenvalue weighted by molar-refractivity contribution is 5.85. The van der Waals surface area contributed by atoms with Gasteiger partial charge in [-0.3, -0.25) is 9.69 Å². The molecule has 1 amide bonds. The van der Waals surface area contributed by atoms with Crippen LogP contribution in [0.2, 0.25) is 0 Å². The van der Waals surface area contributed by atoms with Gasteiger partial charge in [-0.25, -0.2) is 4.79 Å². The van der Waals surface area contributed by atoms with Gasteiger partial charge in [-0.05, 0) is 24.3 Å². The number of nitrogens with zero attached hydrogens (tertiary/aromatic N) is 1. The van der Waals surface area contributed by atoms with Crippen LogP contribution in [0.5, 0.6) is 0 Å². The van der Waals surface area contributed by atoms with E-state index < -0.39 is 5.97 Å². The molecule has 5 nitrogen and oxygen atoms in total. The largest absolute Gasteiger partial charge is 0.478 e. The van der Waals surface area contributed by atoms with E-state index in [4.69, 9.17) is 10.8 Å². The molecule has 0 atom stereocenters. The lowest BCUT2D eigenvalue weighted by Crippen LogP contribution is -2.30. The van der Waals surface area contributed by atoms with Gasteiger partial charge in [-0.1, -0.05) is 24.3 Å². The molecule has 0 aromatic heterocycles. The van der Waals surface area contributed by atoms with Crippen molar-refractivity contribution < 1.29 is 14.7 Å². The number of amides is 1. The zero-order chi connectivity index (χ0) is 13.5. The first kappa shape index (κ1) is 13.9. The Bertz CT molecular complexity index is 452. The maximum atomic E-state index is 10.7. The summed E-state index contributed by atoms with van der Waals surface area (Å²) in [6.07, 6.45) is 2.62. The number of rotatable bonds is 6. The summed E-state index contributed by atoms with van der Waals surface area (Å²) in [5.74, 6) is -1.33. The molecule has 18 heavy (non-hydrogen) atoms. The first-order valence-corrected chi connectivity index (χ1v) is 5.44. The number of carboxylic acids is 1. The van der Waals surface area contributed by atoms with Crippen LogP contribution < -0.4 is 5.73 Å². The maximum absolute atomic E-state index is 10.7. The second-order valence-corrected chi connectivity index (χ2v) is 4.05. The average molecular weight is 248 g/mol. The predicted molar refractivity (Wildman–Crippen MR) is 68.6 cm³/mol. The van der Waals surface area contributed by atoms with Crippen molar-refractivity contribution in [3.8, 4) is 0 Å². The number of benzene rings is 1. The van der Waals surface area contributed by atoms with Crippen LogP contribution in [-0.4, -0.2) is 35.5 Å². The number of hydrogen-bond donors (Lipinski definition) is 2. The molecule has 0 bridgehead atoms. The van der Waals surface area contributed by atoms with Crippen molar-refractivity contribution in [2.24, 2.45) is 5.73 Å². The number of carbonyl (C=O) groups excluding carboxylic acids is 1.